The molecule has 2 aromatic carbocycles. The molecule has 3 rings (SSSR count). The maximum atomic E-state index is 13.4. The van der Waals surface area contributed by atoms with E-state index in [1.165, 1.54) is 29.7 Å². The molecule has 0 bridgehead atoms. The van der Waals surface area contributed by atoms with Crippen LogP contribution < -0.4 is 19.7 Å². The summed E-state index contributed by atoms with van der Waals surface area (Å²) < 4.78 is 29.5. The third-order valence-electron chi connectivity index (χ3n) is 5.94. The summed E-state index contributed by atoms with van der Waals surface area (Å²) in [6, 6.07) is 10.6. The van der Waals surface area contributed by atoms with E-state index < -0.39 is 0 Å². The van der Waals surface area contributed by atoms with Crippen LogP contribution in [0.5, 0.6) is 11.5 Å². The maximum Gasteiger partial charge on any atom is 0.246 e. The molecule has 0 aromatic heterocycles. The third-order valence-corrected chi connectivity index (χ3v) is 5.94. The van der Waals surface area contributed by atoms with Gasteiger partial charge in [-0.3, -0.25) is 4.79 Å². The predicted molar refractivity (Wildman–Crippen MR) is 116 cm³/mol. The molecule has 168 valence electrons. The van der Waals surface area contributed by atoms with Crippen LogP contribution in [0.25, 0.3) is 0 Å². The molecule has 31 heavy (non-hydrogen) atoms. The van der Waals surface area contributed by atoms with Crippen molar-refractivity contribution in [1.29, 1.82) is 0 Å². The third kappa shape index (κ3) is 5.35. The van der Waals surface area contributed by atoms with Crippen molar-refractivity contribution in [2.24, 2.45) is 0 Å². The van der Waals surface area contributed by atoms with Gasteiger partial charge in [0.15, 0.2) is 11.5 Å². The smallest absolute Gasteiger partial charge is 0.246 e. The van der Waals surface area contributed by atoms with Crippen molar-refractivity contribution >= 4 is 5.91 Å². The van der Waals surface area contributed by atoms with E-state index in [2.05, 4.69) is 12.2 Å². The van der Waals surface area contributed by atoms with Gasteiger partial charge < -0.3 is 24.4 Å². The number of carbonyl (C=O) groups is 1. The minimum absolute atomic E-state index is 0.0133. The number of amides is 1. The number of hydrogen-bond donors (Lipinski definition) is 2. The largest absolute Gasteiger partial charge is 0.493 e. The lowest BCUT2D eigenvalue weighted by Crippen LogP contribution is -3.13. The fraction of sp³-hybridized carbons (Fsp3) is 0.458. The van der Waals surface area contributed by atoms with Gasteiger partial charge in [0, 0.05) is 24.7 Å². The number of hydrogen-bond acceptors (Lipinski definition) is 4. The summed E-state index contributed by atoms with van der Waals surface area (Å²) in [5.74, 6) is 1.00. The number of quaternary nitrogens is 1. The zero-order chi connectivity index (χ0) is 22.4. The summed E-state index contributed by atoms with van der Waals surface area (Å²) in [5.41, 5.74) is 3.40. The second-order valence-corrected chi connectivity index (χ2v) is 7.86. The first-order chi connectivity index (χ1) is 15.0. The number of ether oxygens (including phenoxy) is 3. The number of methoxy groups -OCH3 is 3. The number of fused-ring (bicyclic) bond motifs is 1. The van der Waals surface area contributed by atoms with Crippen LogP contribution in [0.1, 0.15) is 36.1 Å². The predicted octanol–water partition coefficient (Wildman–Crippen LogP) is 2.07. The summed E-state index contributed by atoms with van der Waals surface area (Å²) in [6.45, 7) is 3.72. The molecule has 1 unspecified atom stereocenters. The molecule has 1 aliphatic heterocycles. The number of carbonyl (C=O) groups excluding carboxylic acids is 1. The Bertz CT molecular complexity index is 888. The first kappa shape index (κ1) is 23.0. The zero-order valence-electron chi connectivity index (χ0n) is 18.7. The lowest BCUT2D eigenvalue weighted by molar-refractivity contribution is -0.948. The summed E-state index contributed by atoms with van der Waals surface area (Å²) in [6.07, 6.45) is 1.64. The molecule has 1 amide bonds. The average molecular weight is 432 g/mol. The Kier molecular flexibility index (Phi) is 7.87. The second-order valence-electron chi connectivity index (χ2n) is 7.86. The Hall–Kier alpha value is -2.64. The zero-order valence-corrected chi connectivity index (χ0v) is 18.7. The summed E-state index contributed by atoms with van der Waals surface area (Å²) in [5, 5.41) is 3.15. The van der Waals surface area contributed by atoms with Gasteiger partial charge in [-0.25, -0.2) is 4.39 Å². The van der Waals surface area contributed by atoms with Crippen molar-refractivity contribution in [2.75, 3.05) is 34.5 Å². The minimum Gasteiger partial charge on any atom is -0.493 e. The van der Waals surface area contributed by atoms with Gasteiger partial charge >= 0.3 is 0 Å². The quantitative estimate of drug-likeness (QED) is 0.638. The normalized spacial score (nSPS) is 18.7. The Morgan fingerprint density at radius 2 is 1.84 bits per heavy atom. The van der Waals surface area contributed by atoms with Gasteiger partial charge in [-0.1, -0.05) is 19.1 Å². The van der Waals surface area contributed by atoms with Crippen LogP contribution in [0.2, 0.25) is 0 Å². The topological polar surface area (TPSA) is 61.2 Å². The molecular formula is C24H32FN2O4+. The van der Waals surface area contributed by atoms with Crippen LogP contribution in [0.3, 0.4) is 0 Å². The highest BCUT2D eigenvalue weighted by Crippen LogP contribution is 2.35. The highest BCUT2D eigenvalue weighted by Gasteiger charge is 2.38. The average Bonchev–Trinajstić information content (AvgIpc) is 2.78. The summed E-state index contributed by atoms with van der Waals surface area (Å²) >= 11 is 0. The number of halogens is 1. The highest BCUT2D eigenvalue weighted by atomic mass is 19.1. The molecule has 2 N–H and O–H groups in total. The Balaban J connectivity index is 2.00. The molecule has 7 heteroatoms. The highest BCUT2D eigenvalue weighted by molar-refractivity contribution is 5.77. The van der Waals surface area contributed by atoms with Crippen molar-refractivity contribution in [1.82, 2.24) is 5.32 Å². The van der Waals surface area contributed by atoms with Crippen LogP contribution >= 0.6 is 0 Å². The Morgan fingerprint density at radius 1 is 1.16 bits per heavy atom. The van der Waals surface area contributed by atoms with Crippen LogP contribution in [0, 0.1) is 5.82 Å². The molecule has 0 spiro atoms. The van der Waals surface area contributed by atoms with Crippen molar-refractivity contribution in [3.05, 3.63) is 58.9 Å². The van der Waals surface area contributed by atoms with Gasteiger partial charge in [0.2, 0.25) is 5.91 Å². The Morgan fingerprint density at radius 3 is 2.45 bits per heavy atom. The minimum atomic E-state index is -0.241. The van der Waals surface area contributed by atoms with Crippen LogP contribution in [-0.2, 0) is 22.5 Å². The standard InChI is InChI=1S/C24H31FN2O4/c1-5-20(26-23(28)15-29-2)24-19-13-22(31-4)21(30-3)12-17(19)10-11-27(24)14-16-6-8-18(25)9-7-16/h6-9,12-13,20,24H,5,10-11,14-15H2,1-4H3,(H,26,28)/p+1/t20-,24-/m0/s1. The molecule has 1 aliphatic rings. The van der Waals surface area contributed by atoms with E-state index in [1.54, 1.807) is 14.2 Å². The summed E-state index contributed by atoms with van der Waals surface area (Å²) in [7, 11) is 4.78. The lowest BCUT2D eigenvalue weighted by atomic mass is 9.86. The van der Waals surface area contributed by atoms with E-state index >= 15 is 0 Å². The molecule has 0 saturated carbocycles. The van der Waals surface area contributed by atoms with Crippen LogP contribution in [0.15, 0.2) is 36.4 Å². The second kappa shape index (κ2) is 10.6. The molecule has 1 heterocycles. The molecule has 0 fully saturated rings. The van der Waals surface area contributed by atoms with Crippen molar-refractivity contribution < 1.29 is 28.3 Å². The van der Waals surface area contributed by atoms with Gasteiger partial charge in [-0.2, -0.15) is 0 Å². The maximum absolute atomic E-state index is 13.4. The van der Waals surface area contributed by atoms with E-state index in [0.717, 1.165) is 37.1 Å². The Labute approximate surface area is 183 Å². The molecule has 2 aromatic rings. The van der Waals surface area contributed by atoms with Gasteiger partial charge in [0.05, 0.1) is 26.8 Å². The molecule has 0 aliphatic carbocycles. The van der Waals surface area contributed by atoms with E-state index in [9.17, 15) is 9.18 Å². The number of benzene rings is 2. The van der Waals surface area contributed by atoms with E-state index in [-0.39, 0.29) is 30.4 Å². The van der Waals surface area contributed by atoms with Crippen molar-refractivity contribution in [3.8, 4) is 11.5 Å². The summed E-state index contributed by atoms with van der Waals surface area (Å²) in [4.78, 5) is 13.7. The van der Waals surface area contributed by atoms with Gasteiger partial charge in [-0.05, 0) is 36.2 Å². The van der Waals surface area contributed by atoms with Crippen molar-refractivity contribution in [3.63, 3.8) is 0 Å². The van der Waals surface area contributed by atoms with E-state index in [0.29, 0.717) is 11.5 Å². The lowest BCUT2D eigenvalue weighted by Gasteiger charge is -2.39. The van der Waals surface area contributed by atoms with Gasteiger partial charge in [0.1, 0.15) is 25.0 Å². The van der Waals surface area contributed by atoms with Gasteiger partial charge in [0.25, 0.3) is 0 Å². The number of rotatable bonds is 9. The van der Waals surface area contributed by atoms with Crippen LogP contribution in [-0.4, -0.2) is 46.4 Å². The monoisotopic (exact) mass is 431 g/mol. The van der Waals surface area contributed by atoms with Gasteiger partial charge in [-0.15, -0.1) is 0 Å². The fourth-order valence-electron chi connectivity index (χ4n) is 4.48. The molecule has 6 nitrogen and oxygen atoms in total. The first-order valence-electron chi connectivity index (χ1n) is 10.6. The number of nitrogens with one attached hydrogen (secondary N) is 2. The molecular weight excluding hydrogens is 399 g/mol. The molecule has 3 atom stereocenters. The van der Waals surface area contributed by atoms with E-state index in [4.69, 9.17) is 14.2 Å². The first-order valence-corrected chi connectivity index (χ1v) is 10.6. The van der Waals surface area contributed by atoms with Crippen molar-refractivity contribution in [2.45, 2.75) is 38.4 Å². The van der Waals surface area contributed by atoms with Crippen LogP contribution in [0.4, 0.5) is 4.39 Å². The van der Waals surface area contributed by atoms with E-state index in [1.807, 2.05) is 24.3 Å². The molecule has 0 radical (unpaired) electrons. The SMILES string of the molecule is CC[C@H](NC(=O)COC)[C@@H]1c2cc(OC)c(OC)cc2CC[NH+]1Cc1ccc(F)cc1. The molecule has 0 saturated heterocycles. The fourth-order valence-corrected chi connectivity index (χ4v) is 4.48.